The van der Waals surface area contributed by atoms with Crippen LogP contribution in [0.4, 0.5) is 0 Å². The Morgan fingerprint density at radius 2 is 1.48 bits per heavy atom. The standard InChI is InChI=1S/C19H34O4/c1-4-5-6-7-8-9-12-18(16(20)21)13-10-11-14-19(18,15(2)3)17(22)23/h15H,4-14H2,1-3H3,(H,20,21)(H,22,23). The third kappa shape index (κ3) is 3.89. The predicted molar refractivity (Wildman–Crippen MR) is 91.4 cm³/mol. The van der Waals surface area contributed by atoms with Crippen LogP contribution in [0.15, 0.2) is 0 Å². The zero-order valence-corrected chi connectivity index (χ0v) is 15.1. The summed E-state index contributed by atoms with van der Waals surface area (Å²) in [5.74, 6) is -1.99. The quantitative estimate of drug-likeness (QED) is 0.547. The van der Waals surface area contributed by atoms with Crippen LogP contribution >= 0.6 is 0 Å². The molecule has 2 atom stereocenters. The molecule has 0 spiro atoms. The van der Waals surface area contributed by atoms with Gasteiger partial charge in [-0.15, -0.1) is 0 Å². The van der Waals surface area contributed by atoms with Gasteiger partial charge in [0.15, 0.2) is 0 Å². The van der Waals surface area contributed by atoms with Gasteiger partial charge in [0, 0.05) is 0 Å². The van der Waals surface area contributed by atoms with E-state index >= 15 is 0 Å². The fourth-order valence-electron chi connectivity index (χ4n) is 4.65. The van der Waals surface area contributed by atoms with Gasteiger partial charge < -0.3 is 10.2 Å². The van der Waals surface area contributed by atoms with E-state index in [1.165, 1.54) is 19.3 Å². The maximum absolute atomic E-state index is 12.2. The molecule has 1 saturated carbocycles. The van der Waals surface area contributed by atoms with Gasteiger partial charge in [0.2, 0.25) is 0 Å². The lowest BCUT2D eigenvalue weighted by Crippen LogP contribution is -2.57. The van der Waals surface area contributed by atoms with Crippen LogP contribution in [0.25, 0.3) is 0 Å². The van der Waals surface area contributed by atoms with Gasteiger partial charge in [-0.25, -0.2) is 0 Å². The Bertz CT molecular complexity index is 404. The average molecular weight is 326 g/mol. The van der Waals surface area contributed by atoms with Gasteiger partial charge in [-0.05, 0) is 25.2 Å². The predicted octanol–water partition coefficient (Wildman–Crippen LogP) is 5.11. The normalized spacial score (nSPS) is 28.0. The van der Waals surface area contributed by atoms with E-state index in [1.54, 1.807) is 0 Å². The maximum Gasteiger partial charge on any atom is 0.311 e. The molecule has 4 nitrogen and oxygen atoms in total. The summed E-state index contributed by atoms with van der Waals surface area (Å²) >= 11 is 0. The Morgan fingerprint density at radius 1 is 0.913 bits per heavy atom. The second-order valence-electron chi connectivity index (χ2n) is 7.54. The van der Waals surface area contributed by atoms with Crippen LogP contribution in [-0.2, 0) is 9.59 Å². The molecule has 23 heavy (non-hydrogen) atoms. The van der Waals surface area contributed by atoms with Gasteiger partial charge in [0.1, 0.15) is 0 Å². The van der Waals surface area contributed by atoms with E-state index in [9.17, 15) is 19.8 Å². The molecule has 0 heterocycles. The summed E-state index contributed by atoms with van der Waals surface area (Å²) in [4.78, 5) is 24.4. The zero-order chi connectivity index (χ0) is 17.5. The Labute approximate surface area is 140 Å². The van der Waals surface area contributed by atoms with Crippen LogP contribution in [-0.4, -0.2) is 22.2 Å². The zero-order valence-electron chi connectivity index (χ0n) is 15.1. The van der Waals surface area contributed by atoms with Crippen LogP contribution in [0.3, 0.4) is 0 Å². The molecule has 0 aromatic carbocycles. The van der Waals surface area contributed by atoms with Crippen LogP contribution in [0, 0.1) is 16.7 Å². The van der Waals surface area contributed by atoms with Gasteiger partial charge in [0.25, 0.3) is 0 Å². The Morgan fingerprint density at radius 3 is 2.00 bits per heavy atom. The molecule has 0 aromatic rings. The topological polar surface area (TPSA) is 74.6 Å². The van der Waals surface area contributed by atoms with Crippen molar-refractivity contribution in [3.63, 3.8) is 0 Å². The minimum atomic E-state index is -1.12. The second kappa shape index (κ2) is 8.70. The van der Waals surface area contributed by atoms with E-state index < -0.39 is 22.8 Å². The smallest absolute Gasteiger partial charge is 0.311 e. The minimum absolute atomic E-state index is 0.170. The molecule has 2 unspecified atom stereocenters. The number of hydrogen-bond donors (Lipinski definition) is 2. The fourth-order valence-corrected chi connectivity index (χ4v) is 4.65. The molecule has 134 valence electrons. The summed E-state index contributed by atoms with van der Waals surface area (Å²) in [7, 11) is 0. The summed E-state index contributed by atoms with van der Waals surface area (Å²) in [6.07, 6.45) is 9.66. The number of carboxylic acids is 2. The van der Waals surface area contributed by atoms with Crippen molar-refractivity contribution in [3.05, 3.63) is 0 Å². The largest absolute Gasteiger partial charge is 0.481 e. The molecule has 0 saturated heterocycles. The van der Waals surface area contributed by atoms with Crippen LogP contribution < -0.4 is 0 Å². The van der Waals surface area contributed by atoms with Crippen molar-refractivity contribution in [2.45, 2.75) is 91.4 Å². The number of carboxylic acid groups (broad SMARTS) is 2. The third-order valence-electron chi connectivity index (χ3n) is 6.01. The molecule has 1 rings (SSSR count). The number of hydrogen-bond acceptors (Lipinski definition) is 2. The van der Waals surface area contributed by atoms with Gasteiger partial charge in [-0.1, -0.05) is 72.1 Å². The molecule has 0 radical (unpaired) electrons. The highest BCUT2D eigenvalue weighted by atomic mass is 16.4. The van der Waals surface area contributed by atoms with E-state index in [4.69, 9.17) is 0 Å². The lowest BCUT2D eigenvalue weighted by Gasteiger charge is -2.51. The summed E-state index contributed by atoms with van der Waals surface area (Å²) in [6.45, 7) is 5.92. The highest BCUT2D eigenvalue weighted by Gasteiger charge is 2.63. The lowest BCUT2D eigenvalue weighted by molar-refractivity contribution is -0.187. The third-order valence-corrected chi connectivity index (χ3v) is 6.01. The lowest BCUT2D eigenvalue weighted by atomic mass is 9.50. The van der Waals surface area contributed by atoms with E-state index in [0.717, 1.165) is 32.1 Å². The summed E-state index contributed by atoms with van der Waals surface area (Å²) in [6, 6.07) is 0. The maximum atomic E-state index is 12.2. The van der Waals surface area contributed by atoms with Crippen LogP contribution in [0.5, 0.6) is 0 Å². The monoisotopic (exact) mass is 326 g/mol. The molecule has 2 N–H and O–H groups in total. The molecule has 1 aliphatic rings. The first kappa shape index (κ1) is 20.0. The molecular weight excluding hydrogens is 292 g/mol. The Balaban J connectivity index is 2.94. The number of carbonyl (C=O) groups is 2. The summed E-state index contributed by atoms with van der Waals surface area (Å²) in [5, 5.41) is 20.0. The molecule has 1 aliphatic carbocycles. The van der Waals surface area contributed by atoms with Gasteiger partial charge in [-0.3, -0.25) is 9.59 Å². The van der Waals surface area contributed by atoms with Crippen molar-refractivity contribution < 1.29 is 19.8 Å². The van der Waals surface area contributed by atoms with E-state index in [2.05, 4.69) is 6.92 Å². The molecule has 0 amide bonds. The minimum Gasteiger partial charge on any atom is -0.481 e. The highest BCUT2D eigenvalue weighted by Crippen LogP contribution is 2.58. The second-order valence-corrected chi connectivity index (χ2v) is 7.54. The van der Waals surface area contributed by atoms with Crippen molar-refractivity contribution in [2.24, 2.45) is 16.7 Å². The van der Waals surface area contributed by atoms with Gasteiger partial charge in [-0.2, -0.15) is 0 Å². The SMILES string of the molecule is CCCCCCCCC1(C(=O)O)CCCCC1(C(=O)O)C(C)C. The van der Waals surface area contributed by atoms with Crippen molar-refractivity contribution in [2.75, 3.05) is 0 Å². The Kier molecular flexibility index (Phi) is 7.56. The molecular formula is C19H34O4. The van der Waals surface area contributed by atoms with Crippen LogP contribution in [0.1, 0.15) is 91.4 Å². The first-order valence-corrected chi connectivity index (χ1v) is 9.32. The van der Waals surface area contributed by atoms with Crippen LogP contribution in [0.2, 0.25) is 0 Å². The van der Waals surface area contributed by atoms with E-state index in [0.29, 0.717) is 19.3 Å². The molecule has 0 bridgehead atoms. The first-order chi connectivity index (χ1) is 10.8. The average Bonchev–Trinajstić information content (AvgIpc) is 2.50. The van der Waals surface area contributed by atoms with Crippen molar-refractivity contribution >= 4 is 11.9 Å². The van der Waals surface area contributed by atoms with Gasteiger partial charge in [0.05, 0.1) is 10.8 Å². The first-order valence-electron chi connectivity index (χ1n) is 9.32. The van der Waals surface area contributed by atoms with Gasteiger partial charge >= 0.3 is 11.9 Å². The summed E-state index contributed by atoms with van der Waals surface area (Å²) in [5.41, 5.74) is -2.23. The molecule has 0 aliphatic heterocycles. The van der Waals surface area contributed by atoms with Crippen molar-refractivity contribution in [1.82, 2.24) is 0 Å². The molecule has 4 heteroatoms. The summed E-state index contributed by atoms with van der Waals surface area (Å²) < 4.78 is 0. The fraction of sp³-hybridized carbons (Fsp3) is 0.895. The van der Waals surface area contributed by atoms with E-state index in [1.807, 2.05) is 13.8 Å². The Hall–Kier alpha value is -1.06. The highest BCUT2D eigenvalue weighted by molar-refractivity contribution is 5.87. The number of rotatable bonds is 10. The number of aliphatic carboxylic acids is 2. The number of unbranched alkanes of at least 4 members (excludes halogenated alkanes) is 5. The molecule has 0 aromatic heterocycles. The molecule has 1 fully saturated rings. The van der Waals surface area contributed by atoms with Crippen molar-refractivity contribution in [1.29, 1.82) is 0 Å². The van der Waals surface area contributed by atoms with E-state index in [-0.39, 0.29) is 5.92 Å². The van der Waals surface area contributed by atoms with Crippen molar-refractivity contribution in [3.8, 4) is 0 Å².